The molecule has 2 saturated heterocycles. The lowest BCUT2D eigenvalue weighted by atomic mass is 9.71. The molecular weight excluding hydrogens is 332 g/mol. The zero-order valence-corrected chi connectivity index (χ0v) is 14.4. The molecule has 3 N–H and O–H groups in total. The van der Waals surface area contributed by atoms with Crippen LogP contribution >= 0.6 is 0 Å². The van der Waals surface area contributed by atoms with E-state index in [2.05, 4.69) is 15.5 Å². The predicted molar refractivity (Wildman–Crippen MR) is 95.2 cm³/mol. The highest BCUT2D eigenvalue weighted by molar-refractivity contribution is 5.95. The second-order valence-electron chi connectivity index (χ2n) is 7.09. The number of aliphatic hydroxyl groups is 1. The summed E-state index contributed by atoms with van der Waals surface area (Å²) in [6.07, 6.45) is 2.84. The van der Waals surface area contributed by atoms with Gasteiger partial charge >= 0.3 is 0 Å². The predicted octanol–water partition coefficient (Wildman–Crippen LogP) is 1.18. The number of H-pyrrole nitrogens is 1. The van der Waals surface area contributed by atoms with Crippen molar-refractivity contribution in [2.24, 2.45) is 5.41 Å². The van der Waals surface area contributed by atoms with Crippen molar-refractivity contribution < 1.29 is 14.7 Å². The molecule has 0 unspecified atom stereocenters. The molecule has 2 aromatic rings. The maximum atomic E-state index is 12.9. The Hall–Kier alpha value is -2.67. The molecule has 26 heavy (non-hydrogen) atoms. The molecule has 0 aliphatic carbocycles. The molecule has 1 spiro atoms. The zero-order valence-electron chi connectivity index (χ0n) is 14.4. The molecule has 0 saturated carbocycles. The number of aliphatic hydroxyl groups excluding tert-OH is 1. The summed E-state index contributed by atoms with van der Waals surface area (Å²) in [5, 5.41) is 20.1. The highest BCUT2D eigenvalue weighted by atomic mass is 16.3. The molecule has 136 valence electrons. The lowest BCUT2D eigenvalue weighted by Crippen LogP contribution is -2.62. The quantitative estimate of drug-likeness (QED) is 0.754. The monoisotopic (exact) mass is 354 g/mol. The summed E-state index contributed by atoms with van der Waals surface area (Å²) >= 11 is 0. The Balaban J connectivity index is 1.53. The number of hydrogen-bond acceptors (Lipinski definition) is 4. The topological polar surface area (TPSA) is 98.3 Å². The van der Waals surface area contributed by atoms with Crippen molar-refractivity contribution >= 4 is 11.8 Å². The lowest BCUT2D eigenvalue weighted by molar-refractivity contribution is -0.147. The van der Waals surface area contributed by atoms with Gasteiger partial charge in [0.2, 0.25) is 5.91 Å². The minimum atomic E-state index is -0.873. The number of aromatic amines is 1. The number of hydrogen-bond donors (Lipinski definition) is 3. The Morgan fingerprint density at radius 2 is 2.08 bits per heavy atom. The summed E-state index contributed by atoms with van der Waals surface area (Å²) in [5.41, 5.74) is 1.55. The Bertz CT molecular complexity index is 803. The van der Waals surface area contributed by atoms with E-state index in [0.29, 0.717) is 31.5 Å². The van der Waals surface area contributed by atoms with Gasteiger partial charge in [-0.2, -0.15) is 5.10 Å². The molecule has 4 rings (SSSR count). The molecule has 1 aromatic heterocycles. The number of amides is 2. The van der Waals surface area contributed by atoms with Crippen LogP contribution in [0.2, 0.25) is 0 Å². The maximum Gasteiger partial charge on any atom is 0.253 e. The van der Waals surface area contributed by atoms with Gasteiger partial charge in [-0.05, 0) is 43.0 Å². The Morgan fingerprint density at radius 3 is 2.77 bits per heavy atom. The first-order chi connectivity index (χ1) is 12.6. The third-order valence-electron chi connectivity index (χ3n) is 5.55. The van der Waals surface area contributed by atoms with E-state index in [-0.39, 0.29) is 18.4 Å². The first-order valence-electron chi connectivity index (χ1n) is 8.96. The number of nitrogens with one attached hydrogen (secondary N) is 2. The largest absolute Gasteiger partial charge is 0.392 e. The molecule has 2 atom stereocenters. The van der Waals surface area contributed by atoms with E-state index >= 15 is 0 Å². The number of rotatable bonds is 2. The molecule has 7 nitrogen and oxygen atoms in total. The fourth-order valence-corrected chi connectivity index (χ4v) is 4.01. The van der Waals surface area contributed by atoms with Crippen LogP contribution in [0.5, 0.6) is 0 Å². The van der Waals surface area contributed by atoms with Crippen LogP contribution in [0.1, 0.15) is 29.6 Å². The minimum absolute atomic E-state index is 0.106. The number of aromatic nitrogens is 2. The fourth-order valence-electron chi connectivity index (χ4n) is 4.01. The van der Waals surface area contributed by atoms with Crippen molar-refractivity contribution in [2.75, 3.05) is 19.6 Å². The Kier molecular flexibility index (Phi) is 4.24. The summed E-state index contributed by atoms with van der Waals surface area (Å²) in [6, 6.07) is 9.20. The van der Waals surface area contributed by atoms with Crippen LogP contribution in [-0.2, 0) is 4.79 Å². The third-order valence-corrected chi connectivity index (χ3v) is 5.55. The second-order valence-corrected chi connectivity index (χ2v) is 7.09. The highest BCUT2D eigenvalue weighted by Crippen LogP contribution is 2.37. The van der Waals surface area contributed by atoms with Gasteiger partial charge in [0.25, 0.3) is 5.91 Å². The minimum Gasteiger partial charge on any atom is -0.392 e. The number of nitrogens with zero attached hydrogens (tertiary/aromatic N) is 2. The van der Waals surface area contributed by atoms with E-state index in [4.69, 9.17) is 0 Å². The number of benzene rings is 1. The lowest BCUT2D eigenvalue weighted by Gasteiger charge is -2.46. The van der Waals surface area contributed by atoms with Crippen LogP contribution in [-0.4, -0.2) is 57.8 Å². The van der Waals surface area contributed by atoms with Gasteiger partial charge < -0.3 is 15.3 Å². The molecule has 1 aromatic carbocycles. The van der Waals surface area contributed by atoms with Crippen molar-refractivity contribution in [3.63, 3.8) is 0 Å². The molecule has 0 radical (unpaired) electrons. The van der Waals surface area contributed by atoms with Crippen molar-refractivity contribution in [2.45, 2.75) is 25.4 Å². The van der Waals surface area contributed by atoms with Gasteiger partial charge in [0.1, 0.15) is 0 Å². The number of likely N-dealkylation sites (tertiary alicyclic amines) is 1. The smallest absolute Gasteiger partial charge is 0.253 e. The Labute approximate surface area is 151 Å². The van der Waals surface area contributed by atoms with E-state index in [1.54, 1.807) is 23.2 Å². The SMILES string of the molecule is O=C(c1ccc(-c2ccn[nH]2)cc1)N1CC[C@@H](O)[C@@]2(CCCNC2=O)C1. The highest BCUT2D eigenvalue weighted by Gasteiger charge is 2.50. The molecule has 2 aliphatic heterocycles. The fraction of sp³-hybridized carbons (Fsp3) is 0.421. The number of carbonyl (C=O) groups is 2. The summed E-state index contributed by atoms with van der Waals surface area (Å²) < 4.78 is 0. The maximum absolute atomic E-state index is 12.9. The van der Waals surface area contributed by atoms with Crippen LogP contribution in [0.25, 0.3) is 11.3 Å². The molecule has 2 amide bonds. The van der Waals surface area contributed by atoms with E-state index in [1.165, 1.54) is 0 Å². The summed E-state index contributed by atoms with van der Waals surface area (Å²) in [4.78, 5) is 27.1. The van der Waals surface area contributed by atoms with Gasteiger partial charge in [0, 0.05) is 31.4 Å². The van der Waals surface area contributed by atoms with Crippen LogP contribution in [0.3, 0.4) is 0 Å². The van der Waals surface area contributed by atoms with Crippen LogP contribution in [0, 0.1) is 5.41 Å². The summed E-state index contributed by atoms with van der Waals surface area (Å²) in [5.74, 6) is -0.242. The summed E-state index contributed by atoms with van der Waals surface area (Å²) in [6.45, 7) is 1.36. The molecule has 3 heterocycles. The van der Waals surface area contributed by atoms with Gasteiger partial charge in [-0.1, -0.05) is 12.1 Å². The zero-order chi connectivity index (χ0) is 18.1. The van der Waals surface area contributed by atoms with Crippen LogP contribution in [0.15, 0.2) is 36.5 Å². The molecule has 2 fully saturated rings. The first kappa shape index (κ1) is 16.8. The number of piperidine rings is 2. The van der Waals surface area contributed by atoms with Gasteiger partial charge in [-0.15, -0.1) is 0 Å². The van der Waals surface area contributed by atoms with Gasteiger partial charge in [0.05, 0.1) is 17.2 Å². The van der Waals surface area contributed by atoms with Gasteiger partial charge in [0.15, 0.2) is 0 Å². The molecular formula is C19H22N4O3. The average molecular weight is 354 g/mol. The van der Waals surface area contributed by atoms with E-state index < -0.39 is 11.5 Å². The Morgan fingerprint density at radius 1 is 1.27 bits per heavy atom. The van der Waals surface area contributed by atoms with Crippen LogP contribution < -0.4 is 5.32 Å². The normalized spacial score (nSPS) is 26.0. The first-order valence-corrected chi connectivity index (χ1v) is 8.96. The van der Waals surface area contributed by atoms with Crippen LogP contribution in [0.4, 0.5) is 0 Å². The van der Waals surface area contributed by atoms with E-state index in [1.807, 2.05) is 18.2 Å². The third kappa shape index (κ3) is 2.78. The van der Waals surface area contributed by atoms with Crippen molar-refractivity contribution in [1.82, 2.24) is 20.4 Å². The standard InChI is InChI=1S/C19H22N4O3/c24-16-7-11-23(12-19(16)8-1-9-20-18(19)26)17(25)14-4-2-13(3-5-14)15-6-10-21-22-15/h2-6,10,16,24H,1,7-9,11-12H2,(H,20,26)(H,21,22)/t16-,19-/m1/s1. The van der Waals surface area contributed by atoms with Crippen molar-refractivity contribution in [3.8, 4) is 11.3 Å². The average Bonchev–Trinajstić information content (AvgIpc) is 3.20. The molecule has 2 aliphatic rings. The molecule has 7 heteroatoms. The van der Waals surface area contributed by atoms with Gasteiger partial charge in [-0.25, -0.2) is 0 Å². The molecule has 0 bridgehead atoms. The van der Waals surface area contributed by atoms with Crippen molar-refractivity contribution in [1.29, 1.82) is 0 Å². The van der Waals surface area contributed by atoms with Gasteiger partial charge in [-0.3, -0.25) is 14.7 Å². The van der Waals surface area contributed by atoms with Crippen molar-refractivity contribution in [3.05, 3.63) is 42.1 Å². The summed E-state index contributed by atoms with van der Waals surface area (Å²) in [7, 11) is 0. The number of carbonyl (C=O) groups excluding carboxylic acids is 2. The van der Waals surface area contributed by atoms with E-state index in [9.17, 15) is 14.7 Å². The van der Waals surface area contributed by atoms with E-state index in [0.717, 1.165) is 17.7 Å². The second kappa shape index (κ2) is 6.57.